The zero-order chi connectivity index (χ0) is 19.0. The third-order valence-electron chi connectivity index (χ3n) is 6.83. The van der Waals surface area contributed by atoms with E-state index in [1.807, 2.05) is 32.0 Å². The molecule has 3 nitrogen and oxygen atoms in total. The second kappa shape index (κ2) is 7.12. The first-order valence-corrected chi connectivity index (χ1v) is 10.3. The molecule has 0 radical (unpaired) electrons. The highest BCUT2D eigenvalue weighted by Crippen LogP contribution is 2.52. The Morgan fingerprint density at radius 3 is 2.30 bits per heavy atom. The molecule has 2 saturated heterocycles. The molecule has 0 saturated carbocycles. The molecule has 2 aromatic rings. The summed E-state index contributed by atoms with van der Waals surface area (Å²) >= 11 is 0. The van der Waals surface area contributed by atoms with Gasteiger partial charge in [0.15, 0.2) is 0 Å². The second-order valence-corrected chi connectivity index (χ2v) is 8.20. The number of rotatable bonds is 5. The van der Waals surface area contributed by atoms with Gasteiger partial charge in [-0.05, 0) is 62.8 Å². The zero-order valence-corrected chi connectivity index (χ0v) is 16.7. The number of amides is 1. The van der Waals surface area contributed by atoms with Gasteiger partial charge in [0.25, 0.3) is 5.91 Å². The summed E-state index contributed by atoms with van der Waals surface area (Å²) in [6.45, 7) is 7.36. The number of carbonyl (C=O) groups is 1. The van der Waals surface area contributed by atoms with E-state index >= 15 is 0 Å². The summed E-state index contributed by atoms with van der Waals surface area (Å²) in [5.74, 6) is 0.0558. The van der Waals surface area contributed by atoms with Crippen molar-refractivity contribution in [3.05, 3.63) is 70.8 Å². The minimum atomic E-state index is 0.0256. The highest BCUT2D eigenvalue weighted by atomic mass is 16.1. The maximum atomic E-state index is 13.4. The molecule has 2 fully saturated rings. The van der Waals surface area contributed by atoms with Crippen molar-refractivity contribution in [3.8, 4) is 0 Å². The van der Waals surface area contributed by atoms with Gasteiger partial charge in [-0.15, -0.1) is 0 Å². The smallest absolute Gasteiger partial charge is 0.252 e. The molecule has 3 heteroatoms. The van der Waals surface area contributed by atoms with Crippen molar-refractivity contribution in [3.63, 3.8) is 0 Å². The molecule has 2 aromatic carbocycles. The van der Waals surface area contributed by atoms with E-state index in [0.717, 1.165) is 36.1 Å². The molecular formula is C24H30N2O. The fourth-order valence-electron chi connectivity index (χ4n) is 5.64. The van der Waals surface area contributed by atoms with Gasteiger partial charge in [-0.1, -0.05) is 55.5 Å². The van der Waals surface area contributed by atoms with Crippen LogP contribution in [0.3, 0.4) is 0 Å². The van der Waals surface area contributed by atoms with E-state index in [-0.39, 0.29) is 17.5 Å². The largest absolute Gasteiger partial charge is 0.343 e. The molecule has 142 valence electrons. The second-order valence-electron chi connectivity index (χ2n) is 8.20. The molecule has 1 atom stereocenters. The van der Waals surface area contributed by atoms with E-state index in [9.17, 15) is 4.79 Å². The van der Waals surface area contributed by atoms with Crippen LogP contribution in [0.2, 0.25) is 0 Å². The monoisotopic (exact) mass is 362 g/mol. The molecular weight excluding hydrogens is 332 g/mol. The van der Waals surface area contributed by atoms with E-state index in [0.29, 0.717) is 6.04 Å². The number of aryl methyl sites for hydroxylation is 2. The third kappa shape index (κ3) is 2.98. The first kappa shape index (κ1) is 18.2. The van der Waals surface area contributed by atoms with Crippen molar-refractivity contribution < 1.29 is 4.79 Å². The number of hydrogen-bond donors (Lipinski definition) is 1. The first-order valence-electron chi connectivity index (χ1n) is 10.3. The fraction of sp³-hybridized carbons (Fsp3) is 0.458. The van der Waals surface area contributed by atoms with Gasteiger partial charge in [0.05, 0.1) is 6.04 Å². The van der Waals surface area contributed by atoms with Gasteiger partial charge < -0.3 is 5.32 Å². The molecule has 4 rings (SSSR count). The number of likely N-dealkylation sites (N-methyl/N-ethyl adjacent to an activating group) is 1. The van der Waals surface area contributed by atoms with Gasteiger partial charge in [0, 0.05) is 17.1 Å². The Hall–Kier alpha value is -2.13. The molecule has 2 heterocycles. The average molecular weight is 363 g/mol. The molecule has 0 aromatic heterocycles. The minimum absolute atomic E-state index is 0.0256. The summed E-state index contributed by atoms with van der Waals surface area (Å²) in [5, 5.41) is 3.48. The molecule has 0 unspecified atom stereocenters. The molecule has 0 spiro atoms. The van der Waals surface area contributed by atoms with Crippen molar-refractivity contribution in [1.29, 1.82) is 0 Å². The maximum absolute atomic E-state index is 13.4. The Balaban J connectivity index is 1.73. The topological polar surface area (TPSA) is 32.3 Å². The number of hydrogen-bond acceptors (Lipinski definition) is 2. The first-order chi connectivity index (χ1) is 13.1. The molecule has 0 aliphatic carbocycles. The summed E-state index contributed by atoms with van der Waals surface area (Å²) in [5.41, 5.74) is 4.18. The SMILES string of the molecule is CCN1C2CCC1([C@H](NC(=O)c1c(C)cccc1C)c1ccccc1)CC2. The van der Waals surface area contributed by atoms with Gasteiger partial charge >= 0.3 is 0 Å². The summed E-state index contributed by atoms with van der Waals surface area (Å²) < 4.78 is 0. The Morgan fingerprint density at radius 2 is 1.70 bits per heavy atom. The van der Waals surface area contributed by atoms with Crippen LogP contribution in [-0.4, -0.2) is 28.9 Å². The van der Waals surface area contributed by atoms with Crippen LogP contribution in [0.1, 0.15) is 65.7 Å². The van der Waals surface area contributed by atoms with Crippen molar-refractivity contribution >= 4 is 5.91 Å². The zero-order valence-electron chi connectivity index (χ0n) is 16.7. The fourth-order valence-corrected chi connectivity index (χ4v) is 5.64. The van der Waals surface area contributed by atoms with Crippen molar-refractivity contribution in [2.75, 3.05) is 6.54 Å². The molecule has 1 amide bonds. The normalized spacial score (nSPS) is 25.5. The predicted molar refractivity (Wildman–Crippen MR) is 110 cm³/mol. The average Bonchev–Trinajstić information content (AvgIpc) is 3.22. The standard InChI is InChI=1S/C24H30N2O/c1-4-26-20-13-15-24(26,16-14-20)22(19-11-6-5-7-12-19)25-23(27)21-17(2)9-8-10-18(21)3/h5-12,20,22H,4,13-16H2,1-3H3,(H,25,27)/t20?,22-,24?/m1/s1. The van der Waals surface area contributed by atoms with Crippen LogP contribution in [0.4, 0.5) is 0 Å². The Kier molecular flexibility index (Phi) is 4.81. The van der Waals surface area contributed by atoms with Crippen LogP contribution < -0.4 is 5.32 Å². The van der Waals surface area contributed by atoms with E-state index in [4.69, 9.17) is 0 Å². The van der Waals surface area contributed by atoms with Crippen LogP contribution in [0, 0.1) is 13.8 Å². The Bertz CT molecular complexity index is 801. The van der Waals surface area contributed by atoms with Gasteiger partial charge in [0.2, 0.25) is 0 Å². The van der Waals surface area contributed by atoms with Crippen LogP contribution >= 0.6 is 0 Å². The third-order valence-corrected chi connectivity index (χ3v) is 6.83. The van der Waals surface area contributed by atoms with Crippen molar-refractivity contribution in [1.82, 2.24) is 10.2 Å². The minimum Gasteiger partial charge on any atom is -0.343 e. The molecule has 2 aliphatic rings. The van der Waals surface area contributed by atoms with Crippen molar-refractivity contribution in [2.24, 2.45) is 0 Å². The van der Waals surface area contributed by atoms with Crippen LogP contribution in [0.25, 0.3) is 0 Å². The van der Waals surface area contributed by atoms with Crippen LogP contribution in [0.15, 0.2) is 48.5 Å². The molecule has 27 heavy (non-hydrogen) atoms. The van der Waals surface area contributed by atoms with Gasteiger partial charge in [-0.2, -0.15) is 0 Å². The van der Waals surface area contributed by atoms with E-state index in [1.165, 1.54) is 18.4 Å². The molecule has 2 bridgehead atoms. The summed E-state index contributed by atoms with van der Waals surface area (Å²) in [4.78, 5) is 16.0. The van der Waals surface area contributed by atoms with Gasteiger partial charge in [0.1, 0.15) is 0 Å². The van der Waals surface area contributed by atoms with Crippen molar-refractivity contribution in [2.45, 2.75) is 64.1 Å². The Labute approximate surface area is 162 Å². The van der Waals surface area contributed by atoms with Gasteiger partial charge in [-0.25, -0.2) is 0 Å². The molecule has 2 aliphatic heterocycles. The summed E-state index contributed by atoms with van der Waals surface area (Å²) in [7, 11) is 0. The quantitative estimate of drug-likeness (QED) is 0.829. The predicted octanol–water partition coefficient (Wildman–Crippen LogP) is 4.79. The van der Waals surface area contributed by atoms with E-state index in [2.05, 4.69) is 47.5 Å². The van der Waals surface area contributed by atoms with Crippen LogP contribution in [0.5, 0.6) is 0 Å². The number of nitrogens with zero attached hydrogens (tertiary/aromatic N) is 1. The lowest BCUT2D eigenvalue weighted by Crippen LogP contribution is -2.52. The lowest BCUT2D eigenvalue weighted by Gasteiger charge is -2.42. The number of fused-ring (bicyclic) bond motifs is 2. The highest BCUT2D eigenvalue weighted by Gasteiger charge is 2.55. The van der Waals surface area contributed by atoms with E-state index < -0.39 is 0 Å². The Morgan fingerprint density at radius 1 is 1.07 bits per heavy atom. The highest BCUT2D eigenvalue weighted by molar-refractivity contribution is 5.97. The lowest BCUT2D eigenvalue weighted by atomic mass is 9.78. The maximum Gasteiger partial charge on any atom is 0.252 e. The number of nitrogens with one attached hydrogen (secondary N) is 1. The van der Waals surface area contributed by atoms with Crippen LogP contribution in [-0.2, 0) is 0 Å². The number of carbonyl (C=O) groups excluding carboxylic acids is 1. The summed E-state index contributed by atoms with van der Waals surface area (Å²) in [6.07, 6.45) is 4.82. The number of benzene rings is 2. The van der Waals surface area contributed by atoms with E-state index in [1.54, 1.807) is 0 Å². The lowest BCUT2D eigenvalue weighted by molar-refractivity contribution is 0.0796. The molecule has 1 N–H and O–H groups in total. The van der Waals surface area contributed by atoms with Gasteiger partial charge in [-0.3, -0.25) is 9.69 Å². The summed E-state index contributed by atoms with van der Waals surface area (Å²) in [6, 6.07) is 17.3.